The van der Waals surface area contributed by atoms with Crippen LogP contribution in [-0.4, -0.2) is 24.3 Å². The number of rotatable bonds is 3. The highest BCUT2D eigenvalue weighted by atomic mass is 16.3. The third-order valence-electron chi connectivity index (χ3n) is 0.410. The summed E-state index contributed by atoms with van der Waals surface area (Å²) in [7, 11) is 0. The molecule has 0 saturated heterocycles. The second kappa shape index (κ2) is 3.58. The fourth-order valence-corrected chi connectivity index (χ4v) is 0.169. The van der Waals surface area contributed by atoms with Gasteiger partial charge in [0.1, 0.15) is 6.23 Å². The van der Waals surface area contributed by atoms with E-state index in [1.165, 1.54) is 0 Å². The van der Waals surface area contributed by atoms with Crippen LogP contribution in [0.4, 0.5) is 0 Å². The van der Waals surface area contributed by atoms with Crippen molar-refractivity contribution in [3.63, 3.8) is 0 Å². The summed E-state index contributed by atoms with van der Waals surface area (Å²) in [4.78, 5) is 9.43. The first-order valence-electron chi connectivity index (χ1n) is 1.88. The minimum absolute atomic E-state index is 0.115. The molecule has 0 aliphatic carbocycles. The fraction of sp³-hybridized carbons (Fsp3) is 0.667. The van der Waals surface area contributed by atoms with Gasteiger partial charge < -0.3 is 16.2 Å². The summed E-state index contributed by atoms with van der Waals surface area (Å²) in [6, 6.07) is 0. The Balaban J connectivity index is 2.81. The minimum atomic E-state index is -0.940. The van der Waals surface area contributed by atoms with Gasteiger partial charge in [-0.05, 0) is 0 Å². The van der Waals surface area contributed by atoms with Gasteiger partial charge >= 0.3 is 0 Å². The highest BCUT2D eigenvalue weighted by Gasteiger charge is 1.88. The average molecular weight is 104 g/mol. The van der Waals surface area contributed by atoms with Crippen LogP contribution in [0.1, 0.15) is 0 Å². The maximum atomic E-state index is 9.43. The molecule has 0 bridgehead atoms. The zero-order valence-corrected chi connectivity index (χ0v) is 3.79. The SMILES string of the molecule is NC(O)CNC=O. The van der Waals surface area contributed by atoms with E-state index in [2.05, 4.69) is 5.32 Å². The first-order valence-corrected chi connectivity index (χ1v) is 1.88. The average Bonchev–Trinajstić information content (AvgIpc) is 1.61. The normalized spacial score (nSPS) is 12.9. The Morgan fingerprint density at radius 2 is 2.57 bits per heavy atom. The van der Waals surface area contributed by atoms with E-state index in [1.54, 1.807) is 0 Å². The predicted molar refractivity (Wildman–Crippen MR) is 24.3 cm³/mol. The van der Waals surface area contributed by atoms with Gasteiger partial charge in [0, 0.05) is 0 Å². The smallest absolute Gasteiger partial charge is 0.207 e. The Labute approximate surface area is 41.3 Å². The van der Waals surface area contributed by atoms with Crippen molar-refractivity contribution in [2.24, 2.45) is 5.73 Å². The lowest BCUT2D eigenvalue weighted by molar-refractivity contribution is -0.109. The number of hydrogen-bond acceptors (Lipinski definition) is 3. The van der Waals surface area contributed by atoms with Crippen molar-refractivity contribution >= 4 is 6.41 Å². The van der Waals surface area contributed by atoms with Crippen molar-refractivity contribution in [3.05, 3.63) is 0 Å². The number of carbonyl (C=O) groups excluding carboxylic acids is 1. The summed E-state index contributed by atoms with van der Waals surface area (Å²) in [5.74, 6) is 0. The molecule has 0 aromatic rings. The van der Waals surface area contributed by atoms with Crippen molar-refractivity contribution in [2.45, 2.75) is 6.23 Å². The third kappa shape index (κ3) is 5.39. The maximum Gasteiger partial charge on any atom is 0.207 e. The van der Waals surface area contributed by atoms with E-state index >= 15 is 0 Å². The van der Waals surface area contributed by atoms with Gasteiger partial charge in [0.2, 0.25) is 6.41 Å². The zero-order valence-electron chi connectivity index (χ0n) is 3.79. The third-order valence-corrected chi connectivity index (χ3v) is 0.410. The Bertz CT molecular complexity index is 54.9. The molecule has 0 aromatic heterocycles. The number of aliphatic hydroxyl groups is 1. The van der Waals surface area contributed by atoms with Gasteiger partial charge in [-0.1, -0.05) is 0 Å². The zero-order chi connectivity index (χ0) is 5.70. The molecule has 0 rings (SSSR count). The molecule has 1 unspecified atom stereocenters. The minimum Gasteiger partial charge on any atom is -0.377 e. The van der Waals surface area contributed by atoms with Crippen molar-refractivity contribution in [1.82, 2.24) is 5.32 Å². The first kappa shape index (κ1) is 6.39. The molecule has 0 spiro atoms. The Morgan fingerprint density at radius 1 is 2.00 bits per heavy atom. The molecule has 1 atom stereocenters. The van der Waals surface area contributed by atoms with E-state index in [-0.39, 0.29) is 6.54 Å². The highest BCUT2D eigenvalue weighted by Crippen LogP contribution is 1.58. The van der Waals surface area contributed by atoms with Gasteiger partial charge in [-0.15, -0.1) is 0 Å². The van der Waals surface area contributed by atoms with Crippen LogP contribution in [0.3, 0.4) is 0 Å². The highest BCUT2D eigenvalue weighted by molar-refractivity contribution is 5.45. The molecule has 4 heteroatoms. The van der Waals surface area contributed by atoms with Crippen LogP contribution in [0.5, 0.6) is 0 Å². The van der Waals surface area contributed by atoms with Gasteiger partial charge in [-0.25, -0.2) is 0 Å². The van der Waals surface area contributed by atoms with Gasteiger partial charge in [0.25, 0.3) is 0 Å². The molecule has 4 nitrogen and oxygen atoms in total. The summed E-state index contributed by atoms with van der Waals surface area (Å²) >= 11 is 0. The lowest BCUT2D eigenvalue weighted by Gasteiger charge is -1.98. The lowest BCUT2D eigenvalue weighted by atomic mass is 10.6. The molecule has 0 saturated carbocycles. The van der Waals surface area contributed by atoms with Crippen molar-refractivity contribution < 1.29 is 9.90 Å². The van der Waals surface area contributed by atoms with Crippen molar-refractivity contribution in [2.75, 3.05) is 6.54 Å². The summed E-state index contributed by atoms with van der Waals surface area (Å²) in [5.41, 5.74) is 4.81. The summed E-state index contributed by atoms with van der Waals surface area (Å²) in [6.07, 6.45) is -0.457. The lowest BCUT2D eigenvalue weighted by Crippen LogP contribution is -2.32. The van der Waals surface area contributed by atoms with Crippen LogP contribution in [0.2, 0.25) is 0 Å². The second-order valence-corrected chi connectivity index (χ2v) is 1.09. The van der Waals surface area contributed by atoms with E-state index < -0.39 is 6.23 Å². The summed E-state index contributed by atoms with van der Waals surface area (Å²) in [6.45, 7) is 0.115. The van der Waals surface area contributed by atoms with E-state index in [9.17, 15) is 4.79 Å². The molecule has 0 aromatic carbocycles. The molecule has 0 aliphatic heterocycles. The number of carbonyl (C=O) groups is 1. The van der Waals surface area contributed by atoms with Crippen LogP contribution in [-0.2, 0) is 4.79 Å². The fourth-order valence-electron chi connectivity index (χ4n) is 0.169. The van der Waals surface area contributed by atoms with Gasteiger partial charge in [-0.3, -0.25) is 4.79 Å². The number of aliphatic hydroxyl groups excluding tert-OH is 1. The van der Waals surface area contributed by atoms with E-state index in [0.29, 0.717) is 6.41 Å². The molecular weight excluding hydrogens is 96.0 g/mol. The Morgan fingerprint density at radius 3 is 2.71 bits per heavy atom. The predicted octanol–water partition coefficient (Wildman–Crippen LogP) is -1.99. The standard InChI is InChI=1S/C3H8N2O2/c4-3(7)1-5-2-6/h2-3,7H,1,4H2,(H,5,6). The molecular formula is C3H8N2O2. The van der Waals surface area contributed by atoms with Crippen LogP contribution in [0.25, 0.3) is 0 Å². The van der Waals surface area contributed by atoms with Crippen LogP contribution >= 0.6 is 0 Å². The topological polar surface area (TPSA) is 75.3 Å². The Hall–Kier alpha value is -0.610. The number of hydrogen-bond donors (Lipinski definition) is 3. The molecule has 4 N–H and O–H groups in total. The summed E-state index contributed by atoms with van der Waals surface area (Å²) in [5, 5.41) is 10.4. The van der Waals surface area contributed by atoms with Crippen LogP contribution in [0, 0.1) is 0 Å². The monoisotopic (exact) mass is 104 g/mol. The second-order valence-electron chi connectivity index (χ2n) is 1.09. The Kier molecular flexibility index (Phi) is 3.26. The molecule has 0 aliphatic rings. The maximum absolute atomic E-state index is 9.43. The number of amides is 1. The van der Waals surface area contributed by atoms with Crippen LogP contribution in [0.15, 0.2) is 0 Å². The van der Waals surface area contributed by atoms with E-state index in [4.69, 9.17) is 10.8 Å². The quantitative estimate of drug-likeness (QED) is 0.286. The molecule has 0 fully saturated rings. The van der Waals surface area contributed by atoms with E-state index in [1.807, 2.05) is 0 Å². The number of nitrogens with two attached hydrogens (primary N) is 1. The summed E-state index contributed by atoms with van der Waals surface area (Å²) < 4.78 is 0. The molecule has 7 heavy (non-hydrogen) atoms. The molecule has 42 valence electrons. The van der Waals surface area contributed by atoms with Gasteiger partial charge in [0.15, 0.2) is 0 Å². The molecule has 0 heterocycles. The first-order chi connectivity index (χ1) is 3.27. The van der Waals surface area contributed by atoms with E-state index in [0.717, 1.165) is 0 Å². The van der Waals surface area contributed by atoms with Crippen molar-refractivity contribution in [3.8, 4) is 0 Å². The van der Waals surface area contributed by atoms with Gasteiger partial charge in [0.05, 0.1) is 6.54 Å². The number of nitrogens with one attached hydrogen (secondary N) is 1. The molecule has 1 amide bonds. The van der Waals surface area contributed by atoms with Gasteiger partial charge in [-0.2, -0.15) is 0 Å². The largest absolute Gasteiger partial charge is 0.377 e. The van der Waals surface area contributed by atoms with Crippen LogP contribution < -0.4 is 11.1 Å². The van der Waals surface area contributed by atoms with Crippen molar-refractivity contribution in [1.29, 1.82) is 0 Å². The molecule has 0 radical (unpaired) electrons.